The highest BCUT2D eigenvalue weighted by Crippen LogP contribution is 2.22. The molecular formula is C19H19ClN4O2S. The molecule has 0 aliphatic heterocycles. The highest BCUT2D eigenvalue weighted by Gasteiger charge is 2.12. The molecule has 3 rings (SSSR count). The maximum absolute atomic E-state index is 12.4. The van der Waals surface area contributed by atoms with Crippen LogP contribution in [0.4, 0.5) is 0 Å². The predicted octanol–water partition coefficient (Wildman–Crippen LogP) is 4.00. The molecule has 1 aromatic heterocycles. The van der Waals surface area contributed by atoms with Crippen LogP contribution >= 0.6 is 11.6 Å². The summed E-state index contributed by atoms with van der Waals surface area (Å²) in [7, 11) is -3.72. The molecule has 6 nitrogen and oxygen atoms in total. The number of hydrogen-bond acceptors (Lipinski definition) is 4. The number of rotatable bonds is 7. The van der Waals surface area contributed by atoms with Crippen LogP contribution in [0.5, 0.6) is 0 Å². The number of hydrogen-bond donors (Lipinski definition) is 2. The molecule has 27 heavy (non-hydrogen) atoms. The van der Waals surface area contributed by atoms with Crippen molar-refractivity contribution >= 4 is 27.8 Å². The van der Waals surface area contributed by atoms with Crippen LogP contribution < -0.4 is 4.83 Å². The molecule has 0 bridgehead atoms. The Morgan fingerprint density at radius 3 is 2.52 bits per heavy atom. The molecule has 0 amide bonds. The zero-order chi connectivity index (χ0) is 19.3. The lowest BCUT2D eigenvalue weighted by atomic mass is 10.1. The van der Waals surface area contributed by atoms with Gasteiger partial charge in [0.15, 0.2) is 0 Å². The van der Waals surface area contributed by atoms with E-state index in [1.165, 1.54) is 6.21 Å². The third kappa shape index (κ3) is 4.75. The molecule has 0 aliphatic carbocycles. The van der Waals surface area contributed by atoms with Gasteiger partial charge in [-0.2, -0.15) is 18.6 Å². The van der Waals surface area contributed by atoms with Gasteiger partial charge in [0.1, 0.15) is 0 Å². The minimum absolute atomic E-state index is 0.171. The van der Waals surface area contributed by atoms with Crippen molar-refractivity contribution in [1.29, 1.82) is 0 Å². The normalized spacial score (nSPS) is 11.8. The average Bonchev–Trinajstić information content (AvgIpc) is 3.11. The van der Waals surface area contributed by atoms with E-state index in [0.29, 0.717) is 10.6 Å². The zero-order valence-electron chi connectivity index (χ0n) is 14.7. The van der Waals surface area contributed by atoms with E-state index >= 15 is 0 Å². The van der Waals surface area contributed by atoms with Crippen molar-refractivity contribution in [2.75, 3.05) is 0 Å². The minimum Gasteiger partial charge on any atom is -0.277 e. The SMILES string of the molecule is CCCc1ccc(S(=O)(=O)NN=Cc2cn[nH]c2-c2ccc(Cl)cc2)cc1. The van der Waals surface area contributed by atoms with Crippen LogP contribution in [-0.4, -0.2) is 24.8 Å². The highest BCUT2D eigenvalue weighted by molar-refractivity contribution is 7.89. The van der Waals surface area contributed by atoms with Gasteiger partial charge in [0.2, 0.25) is 0 Å². The first-order valence-electron chi connectivity index (χ1n) is 8.42. The van der Waals surface area contributed by atoms with Crippen LogP contribution in [0.1, 0.15) is 24.5 Å². The van der Waals surface area contributed by atoms with Gasteiger partial charge < -0.3 is 0 Å². The largest absolute Gasteiger partial charge is 0.277 e. The molecule has 0 saturated carbocycles. The number of H-pyrrole nitrogens is 1. The summed E-state index contributed by atoms with van der Waals surface area (Å²) < 4.78 is 24.7. The number of aromatic amines is 1. The van der Waals surface area contributed by atoms with Gasteiger partial charge in [-0.15, -0.1) is 0 Å². The van der Waals surface area contributed by atoms with E-state index in [4.69, 9.17) is 11.6 Å². The number of aromatic nitrogens is 2. The second-order valence-corrected chi connectivity index (χ2v) is 8.05. The fourth-order valence-electron chi connectivity index (χ4n) is 2.58. The maximum atomic E-state index is 12.4. The summed E-state index contributed by atoms with van der Waals surface area (Å²) in [6.07, 6.45) is 4.91. The Morgan fingerprint density at radius 1 is 1.15 bits per heavy atom. The third-order valence-electron chi connectivity index (χ3n) is 3.95. The van der Waals surface area contributed by atoms with E-state index in [2.05, 4.69) is 27.1 Å². The highest BCUT2D eigenvalue weighted by atomic mass is 35.5. The van der Waals surface area contributed by atoms with Gasteiger partial charge in [-0.05, 0) is 36.2 Å². The summed E-state index contributed by atoms with van der Waals surface area (Å²) in [5.41, 5.74) is 3.34. The first-order valence-corrected chi connectivity index (χ1v) is 10.3. The Labute approximate surface area is 163 Å². The molecule has 0 atom stereocenters. The minimum atomic E-state index is -3.72. The first kappa shape index (κ1) is 19.1. The van der Waals surface area contributed by atoms with Gasteiger partial charge in [-0.25, -0.2) is 4.83 Å². The lowest BCUT2D eigenvalue weighted by Gasteiger charge is -2.05. The van der Waals surface area contributed by atoms with Crippen molar-refractivity contribution in [3.63, 3.8) is 0 Å². The van der Waals surface area contributed by atoms with Crippen LogP contribution in [0.15, 0.2) is 64.7 Å². The summed E-state index contributed by atoms with van der Waals surface area (Å²) in [6, 6.07) is 14.0. The summed E-state index contributed by atoms with van der Waals surface area (Å²) in [4.78, 5) is 2.40. The van der Waals surface area contributed by atoms with Gasteiger partial charge >= 0.3 is 0 Å². The Morgan fingerprint density at radius 2 is 1.85 bits per heavy atom. The monoisotopic (exact) mass is 402 g/mol. The second kappa shape index (κ2) is 8.37. The van der Waals surface area contributed by atoms with Crippen molar-refractivity contribution in [3.05, 3.63) is 70.9 Å². The molecule has 8 heteroatoms. The van der Waals surface area contributed by atoms with Crippen molar-refractivity contribution in [3.8, 4) is 11.3 Å². The molecule has 0 fully saturated rings. The average molecular weight is 403 g/mol. The quantitative estimate of drug-likeness (QED) is 0.462. The summed E-state index contributed by atoms with van der Waals surface area (Å²) in [5, 5.41) is 11.4. The Kier molecular flexibility index (Phi) is 5.93. The molecule has 0 saturated heterocycles. The number of aryl methyl sites for hydroxylation is 1. The van der Waals surface area contributed by atoms with Crippen LogP contribution in [-0.2, 0) is 16.4 Å². The number of benzene rings is 2. The van der Waals surface area contributed by atoms with Gasteiger partial charge in [0, 0.05) is 16.1 Å². The molecule has 0 spiro atoms. The topological polar surface area (TPSA) is 87.2 Å². The Bertz CT molecular complexity index is 1030. The summed E-state index contributed by atoms with van der Waals surface area (Å²) >= 11 is 5.90. The van der Waals surface area contributed by atoms with E-state index in [1.54, 1.807) is 30.5 Å². The predicted molar refractivity (Wildman–Crippen MR) is 107 cm³/mol. The number of halogens is 1. The third-order valence-corrected chi connectivity index (χ3v) is 5.44. The van der Waals surface area contributed by atoms with Crippen molar-refractivity contribution in [2.24, 2.45) is 5.10 Å². The maximum Gasteiger partial charge on any atom is 0.276 e. The van der Waals surface area contributed by atoms with Crippen LogP contribution in [0.3, 0.4) is 0 Å². The number of nitrogens with one attached hydrogen (secondary N) is 2. The van der Waals surface area contributed by atoms with Crippen LogP contribution in [0, 0.1) is 0 Å². The summed E-state index contributed by atoms with van der Waals surface area (Å²) in [5.74, 6) is 0. The van der Waals surface area contributed by atoms with E-state index in [-0.39, 0.29) is 4.90 Å². The molecule has 2 aromatic carbocycles. The summed E-state index contributed by atoms with van der Waals surface area (Å²) in [6.45, 7) is 2.08. The van der Waals surface area contributed by atoms with Crippen LogP contribution in [0.2, 0.25) is 5.02 Å². The number of hydrazone groups is 1. The molecule has 0 radical (unpaired) electrons. The molecular weight excluding hydrogens is 384 g/mol. The van der Waals surface area contributed by atoms with Crippen molar-refractivity contribution in [2.45, 2.75) is 24.7 Å². The standard InChI is InChI=1S/C19H19ClN4O2S/c1-2-3-14-4-10-18(11-5-14)27(25,26)24-22-13-16-12-21-23-19(16)15-6-8-17(20)9-7-15/h4-13,24H,2-3H2,1H3,(H,21,23). The fourth-order valence-corrected chi connectivity index (χ4v) is 3.50. The lowest BCUT2D eigenvalue weighted by molar-refractivity contribution is 0.584. The number of sulfonamides is 1. The molecule has 1 heterocycles. The fraction of sp³-hybridized carbons (Fsp3) is 0.158. The van der Waals surface area contributed by atoms with Gasteiger partial charge in [-0.3, -0.25) is 5.10 Å². The van der Waals surface area contributed by atoms with Gasteiger partial charge in [0.25, 0.3) is 10.0 Å². The van der Waals surface area contributed by atoms with E-state index in [1.807, 2.05) is 24.3 Å². The van der Waals surface area contributed by atoms with E-state index in [9.17, 15) is 8.42 Å². The van der Waals surface area contributed by atoms with Crippen molar-refractivity contribution < 1.29 is 8.42 Å². The van der Waals surface area contributed by atoms with Gasteiger partial charge in [-0.1, -0.05) is 49.2 Å². The first-order chi connectivity index (χ1) is 13.0. The second-order valence-electron chi connectivity index (χ2n) is 5.95. The zero-order valence-corrected chi connectivity index (χ0v) is 16.3. The van der Waals surface area contributed by atoms with E-state index < -0.39 is 10.0 Å². The molecule has 140 valence electrons. The van der Waals surface area contributed by atoms with Crippen molar-refractivity contribution in [1.82, 2.24) is 15.0 Å². The van der Waals surface area contributed by atoms with Crippen LogP contribution in [0.25, 0.3) is 11.3 Å². The Balaban J connectivity index is 1.74. The molecule has 3 aromatic rings. The molecule has 2 N–H and O–H groups in total. The molecule has 0 unspecified atom stereocenters. The smallest absolute Gasteiger partial charge is 0.276 e. The Hall–Kier alpha value is -2.64. The van der Waals surface area contributed by atoms with Gasteiger partial charge in [0.05, 0.1) is 23.0 Å². The molecule has 0 aliphatic rings. The number of nitrogens with zero attached hydrogens (tertiary/aromatic N) is 2. The van der Waals surface area contributed by atoms with E-state index in [0.717, 1.165) is 29.7 Å². The lowest BCUT2D eigenvalue weighted by Crippen LogP contribution is -2.18.